The summed E-state index contributed by atoms with van der Waals surface area (Å²) < 4.78 is 0. The van der Waals surface area contributed by atoms with Crippen LogP contribution in [0.25, 0.3) is 0 Å². The Hall–Kier alpha value is -0.260. The van der Waals surface area contributed by atoms with Crippen molar-refractivity contribution in [2.45, 2.75) is 53.4 Å². The summed E-state index contributed by atoms with van der Waals surface area (Å²) in [5.74, 6) is 1.75. The minimum Gasteiger partial charge on any atom is -0.0999 e. The smallest absolute Gasteiger partial charge is 0.0208 e. The van der Waals surface area contributed by atoms with Crippen LogP contribution < -0.4 is 0 Å². The van der Waals surface area contributed by atoms with Gasteiger partial charge in [0.05, 0.1) is 0 Å². The molecule has 0 amide bonds. The first-order valence-electron chi connectivity index (χ1n) is 5.56. The molecule has 76 valence electrons. The van der Waals surface area contributed by atoms with E-state index in [4.69, 9.17) is 0 Å². The van der Waals surface area contributed by atoms with E-state index in [0.717, 1.165) is 11.8 Å². The zero-order valence-electron chi connectivity index (χ0n) is 9.69. The second-order valence-electron chi connectivity index (χ2n) is 5.76. The van der Waals surface area contributed by atoms with Crippen molar-refractivity contribution in [3.8, 4) is 0 Å². The number of allylic oxidation sites excluding steroid dienone is 1. The van der Waals surface area contributed by atoms with E-state index in [1.165, 1.54) is 31.3 Å². The van der Waals surface area contributed by atoms with Gasteiger partial charge in [-0.2, -0.15) is 0 Å². The fraction of sp³-hybridized carbons (Fsp3) is 0.846. The first kappa shape index (κ1) is 10.8. The van der Waals surface area contributed by atoms with Crippen molar-refractivity contribution < 1.29 is 0 Å². The lowest BCUT2D eigenvalue weighted by atomic mass is 9.69. The number of rotatable bonds is 1. The van der Waals surface area contributed by atoms with Crippen LogP contribution >= 0.6 is 0 Å². The second kappa shape index (κ2) is 3.86. The van der Waals surface area contributed by atoms with Crippen LogP contribution in [-0.2, 0) is 0 Å². The average Bonchev–Trinajstić information content (AvgIpc) is 2.03. The molecule has 0 heterocycles. The van der Waals surface area contributed by atoms with E-state index in [2.05, 4.69) is 34.3 Å². The van der Waals surface area contributed by atoms with E-state index in [1.54, 1.807) is 0 Å². The average molecular weight is 180 g/mol. The maximum atomic E-state index is 4.07. The molecule has 0 radical (unpaired) electrons. The fourth-order valence-corrected chi connectivity index (χ4v) is 2.45. The summed E-state index contributed by atoms with van der Waals surface area (Å²) in [7, 11) is 0. The van der Waals surface area contributed by atoms with Gasteiger partial charge in [-0.25, -0.2) is 0 Å². The van der Waals surface area contributed by atoms with Crippen LogP contribution in [0, 0.1) is 17.3 Å². The predicted octanol–water partition coefficient (Wildman–Crippen LogP) is 4.42. The predicted molar refractivity (Wildman–Crippen MR) is 59.7 cm³/mol. The lowest BCUT2D eigenvalue weighted by molar-refractivity contribution is 0.160. The van der Waals surface area contributed by atoms with Gasteiger partial charge in [0.15, 0.2) is 0 Å². The maximum absolute atomic E-state index is 4.07. The Bertz CT molecular complexity index is 175. The Kier molecular flexibility index (Phi) is 3.21. The third-order valence-corrected chi connectivity index (χ3v) is 3.65. The molecule has 0 nitrogen and oxygen atoms in total. The Morgan fingerprint density at radius 3 is 1.85 bits per heavy atom. The minimum absolute atomic E-state index is 0.514. The fourth-order valence-electron chi connectivity index (χ4n) is 2.45. The highest BCUT2D eigenvalue weighted by molar-refractivity contribution is 4.98. The Morgan fingerprint density at radius 2 is 1.54 bits per heavy atom. The molecule has 1 aliphatic rings. The molecule has 0 bridgehead atoms. The van der Waals surface area contributed by atoms with Gasteiger partial charge in [-0.1, -0.05) is 32.9 Å². The van der Waals surface area contributed by atoms with Crippen LogP contribution in [0.15, 0.2) is 12.2 Å². The summed E-state index contributed by atoms with van der Waals surface area (Å²) in [6, 6.07) is 0. The molecule has 0 aliphatic heterocycles. The molecule has 0 saturated heterocycles. The van der Waals surface area contributed by atoms with Gasteiger partial charge < -0.3 is 0 Å². The van der Waals surface area contributed by atoms with Gasteiger partial charge in [-0.05, 0) is 49.9 Å². The normalized spacial score (nSPS) is 30.2. The standard InChI is InChI=1S/C13H24/c1-10(2)11-6-8-12(9-7-11)13(3,4)5/h11-12H,1,6-9H2,2-5H3. The highest BCUT2D eigenvalue weighted by atomic mass is 14.3. The Labute approximate surface area is 83.4 Å². The molecule has 0 N–H and O–H groups in total. The van der Waals surface area contributed by atoms with Crippen molar-refractivity contribution in [2.75, 3.05) is 0 Å². The molecule has 1 fully saturated rings. The summed E-state index contributed by atoms with van der Waals surface area (Å²) in [6.45, 7) is 13.4. The third kappa shape index (κ3) is 2.86. The summed E-state index contributed by atoms with van der Waals surface area (Å²) in [5, 5.41) is 0. The largest absolute Gasteiger partial charge is 0.0999 e. The monoisotopic (exact) mass is 180 g/mol. The maximum Gasteiger partial charge on any atom is -0.0208 e. The minimum atomic E-state index is 0.514. The van der Waals surface area contributed by atoms with E-state index in [-0.39, 0.29) is 0 Å². The summed E-state index contributed by atoms with van der Waals surface area (Å²) in [4.78, 5) is 0. The molecular weight excluding hydrogens is 156 g/mol. The Morgan fingerprint density at radius 1 is 1.08 bits per heavy atom. The number of hydrogen-bond donors (Lipinski definition) is 0. The van der Waals surface area contributed by atoms with Crippen LogP contribution in [0.5, 0.6) is 0 Å². The lowest BCUT2D eigenvalue weighted by Crippen LogP contribution is -2.26. The van der Waals surface area contributed by atoms with Crippen LogP contribution in [0.1, 0.15) is 53.4 Å². The Balaban J connectivity index is 2.44. The van der Waals surface area contributed by atoms with Crippen LogP contribution in [0.3, 0.4) is 0 Å². The highest BCUT2D eigenvalue weighted by Gasteiger charge is 2.29. The van der Waals surface area contributed by atoms with Gasteiger partial charge in [0, 0.05) is 0 Å². The lowest BCUT2D eigenvalue weighted by Gasteiger charge is -2.37. The van der Waals surface area contributed by atoms with Gasteiger partial charge in [-0.15, -0.1) is 0 Å². The first-order valence-corrected chi connectivity index (χ1v) is 5.56. The van der Waals surface area contributed by atoms with Crippen molar-refractivity contribution in [2.24, 2.45) is 17.3 Å². The SMILES string of the molecule is C=C(C)C1CCC(C(C)(C)C)CC1. The third-order valence-electron chi connectivity index (χ3n) is 3.65. The van der Waals surface area contributed by atoms with Crippen molar-refractivity contribution in [1.82, 2.24) is 0 Å². The zero-order chi connectivity index (χ0) is 10.1. The van der Waals surface area contributed by atoms with Crippen molar-refractivity contribution >= 4 is 0 Å². The molecule has 0 aromatic rings. The van der Waals surface area contributed by atoms with Crippen molar-refractivity contribution in [1.29, 1.82) is 0 Å². The first-order chi connectivity index (χ1) is 5.91. The zero-order valence-corrected chi connectivity index (χ0v) is 9.69. The molecule has 13 heavy (non-hydrogen) atoms. The van der Waals surface area contributed by atoms with E-state index in [9.17, 15) is 0 Å². The molecule has 0 heteroatoms. The van der Waals surface area contributed by atoms with E-state index in [1.807, 2.05) is 0 Å². The van der Waals surface area contributed by atoms with Crippen LogP contribution in [-0.4, -0.2) is 0 Å². The molecule has 0 spiro atoms. The topological polar surface area (TPSA) is 0 Å². The molecule has 0 aromatic carbocycles. The molecule has 1 saturated carbocycles. The molecule has 0 unspecified atom stereocenters. The quantitative estimate of drug-likeness (QED) is 0.524. The highest BCUT2D eigenvalue weighted by Crippen LogP contribution is 2.41. The van der Waals surface area contributed by atoms with Crippen molar-refractivity contribution in [3.05, 3.63) is 12.2 Å². The summed E-state index contributed by atoms with van der Waals surface area (Å²) in [5.41, 5.74) is 1.91. The molecule has 0 atom stereocenters. The summed E-state index contributed by atoms with van der Waals surface area (Å²) in [6.07, 6.45) is 5.55. The van der Waals surface area contributed by atoms with Gasteiger partial charge in [0.1, 0.15) is 0 Å². The van der Waals surface area contributed by atoms with Gasteiger partial charge >= 0.3 is 0 Å². The van der Waals surface area contributed by atoms with E-state index in [0.29, 0.717) is 5.41 Å². The molecule has 1 aliphatic carbocycles. The number of hydrogen-bond acceptors (Lipinski definition) is 0. The van der Waals surface area contributed by atoms with Gasteiger partial charge in [0.2, 0.25) is 0 Å². The molecule has 1 rings (SSSR count). The second-order valence-corrected chi connectivity index (χ2v) is 5.76. The summed E-state index contributed by atoms with van der Waals surface area (Å²) >= 11 is 0. The van der Waals surface area contributed by atoms with Crippen LogP contribution in [0.4, 0.5) is 0 Å². The molecular formula is C13H24. The van der Waals surface area contributed by atoms with E-state index >= 15 is 0 Å². The van der Waals surface area contributed by atoms with E-state index < -0.39 is 0 Å². The van der Waals surface area contributed by atoms with Crippen molar-refractivity contribution in [3.63, 3.8) is 0 Å². The van der Waals surface area contributed by atoms with Gasteiger partial charge in [0.25, 0.3) is 0 Å². The van der Waals surface area contributed by atoms with Gasteiger partial charge in [-0.3, -0.25) is 0 Å². The molecule has 0 aromatic heterocycles. The van der Waals surface area contributed by atoms with Crippen LogP contribution in [0.2, 0.25) is 0 Å².